The van der Waals surface area contributed by atoms with Crippen molar-refractivity contribution in [3.63, 3.8) is 0 Å². The number of H-pyrrole nitrogens is 1. The van der Waals surface area contributed by atoms with Gasteiger partial charge in [-0.05, 0) is 39.9 Å². The second kappa shape index (κ2) is 11.7. The Morgan fingerprint density at radius 3 is 2.50 bits per heavy atom. The number of likely N-dealkylation sites (N-methyl/N-ethyl adjacent to an activating group) is 1. The lowest BCUT2D eigenvalue weighted by Crippen LogP contribution is -2.45. The normalized spacial score (nSPS) is 14.4. The molecule has 0 aliphatic carbocycles. The lowest BCUT2D eigenvalue weighted by molar-refractivity contribution is 0.0537. The van der Waals surface area contributed by atoms with Crippen LogP contribution in [0.25, 0.3) is 0 Å². The number of aryl methyl sites for hydroxylation is 1. The molecule has 0 radical (unpaired) electrons. The third kappa shape index (κ3) is 6.53. The van der Waals surface area contributed by atoms with E-state index in [9.17, 15) is 9.59 Å². The summed E-state index contributed by atoms with van der Waals surface area (Å²) >= 11 is 12.2. The topological polar surface area (TPSA) is 112 Å². The van der Waals surface area contributed by atoms with Crippen LogP contribution in [0.4, 0.5) is 5.82 Å². The molecule has 0 spiro atoms. The summed E-state index contributed by atoms with van der Waals surface area (Å²) in [6, 6.07) is 3.27. The molecule has 10 nitrogen and oxygen atoms in total. The Bertz CT molecular complexity index is 1020. The minimum Gasteiger partial charge on any atom is -0.476 e. The zero-order chi connectivity index (χ0) is 24.8. The van der Waals surface area contributed by atoms with E-state index in [0.717, 1.165) is 0 Å². The van der Waals surface area contributed by atoms with Crippen LogP contribution in [0.2, 0.25) is 10.0 Å². The molecule has 3 N–H and O–H groups in total. The lowest BCUT2D eigenvalue weighted by Gasteiger charge is -2.33. The molecular formula is C22H30Cl2N6O4. The molecule has 12 heteroatoms. The van der Waals surface area contributed by atoms with Crippen molar-refractivity contribution in [2.24, 2.45) is 0 Å². The smallest absolute Gasteiger partial charge is 0.275 e. The number of anilines is 1. The van der Waals surface area contributed by atoms with Crippen LogP contribution in [0, 0.1) is 6.92 Å². The zero-order valence-electron chi connectivity index (χ0n) is 19.7. The van der Waals surface area contributed by atoms with Crippen molar-refractivity contribution in [1.29, 1.82) is 0 Å². The number of aromatic nitrogens is 2. The fourth-order valence-electron chi connectivity index (χ4n) is 3.58. The van der Waals surface area contributed by atoms with Crippen molar-refractivity contribution in [1.82, 2.24) is 25.7 Å². The molecule has 1 saturated heterocycles. The van der Waals surface area contributed by atoms with Gasteiger partial charge in [0.25, 0.3) is 11.8 Å². The van der Waals surface area contributed by atoms with E-state index in [4.69, 9.17) is 32.8 Å². The Morgan fingerprint density at radius 1 is 1.21 bits per heavy atom. The fraction of sp³-hybridized carbons (Fsp3) is 0.500. The number of carbonyl (C=O) groups excluding carboxylic acids is 2. The lowest BCUT2D eigenvalue weighted by atomic mass is 10.0. The second-order valence-corrected chi connectivity index (χ2v) is 9.08. The predicted octanol–water partition coefficient (Wildman–Crippen LogP) is 2.66. The molecule has 1 fully saturated rings. The summed E-state index contributed by atoms with van der Waals surface area (Å²) in [4.78, 5) is 41.3. The van der Waals surface area contributed by atoms with Crippen LogP contribution < -0.4 is 20.4 Å². The molecule has 2 amide bonds. The van der Waals surface area contributed by atoms with Crippen LogP contribution in [-0.4, -0.2) is 80.2 Å². The minimum atomic E-state index is -0.387. The van der Waals surface area contributed by atoms with Crippen LogP contribution >= 0.6 is 23.2 Å². The molecule has 3 rings (SSSR count). The Labute approximate surface area is 208 Å². The van der Waals surface area contributed by atoms with E-state index in [1.54, 1.807) is 19.1 Å². The molecule has 34 heavy (non-hydrogen) atoms. The maximum absolute atomic E-state index is 12.6. The molecule has 0 aromatic carbocycles. The van der Waals surface area contributed by atoms with Gasteiger partial charge in [-0.2, -0.15) is 4.98 Å². The maximum atomic E-state index is 12.6. The zero-order valence-corrected chi connectivity index (χ0v) is 21.2. The number of ether oxygens (including phenoxy) is 1. The average molecular weight is 513 g/mol. The highest BCUT2D eigenvalue weighted by Crippen LogP contribution is 2.29. The Hall–Kier alpha value is -2.53. The number of hydrogen-bond acceptors (Lipinski definition) is 7. The van der Waals surface area contributed by atoms with E-state index in [1.807, 2.05) is 19.0 Å². The Morgan fingerprint density at radius 2 is 1.91 bits per heavy atom. The molecule has 0 saturated carbocycles. The molecule has 1 aliphatic heterocycles. The van der Waals surface area contributed by atoms with Gasteiger partial charge in [0.2, 0.25) is 5.88 Å². The van der Waals surface area contributed by atoms with Gasteiger partial charge in [-0.3, -0.25) is 14.4 Å². The third-order valence-corrected chi connectivity index (χ3v) is 6.42. The van der Waals surface area contributed by atoms with Gasteiger partial charge < -0.3 is 24.8 Å². The number of aromatic amines is 1. The largest absolute Gasteiger partial charge is 0.476 e. The van der Waals surface area contributed by atoms with Gasteiger partial charge in [0, 0.05) is 37.4 Å². The van der Waals surface area contributed by atoms with Crippen molar-refractivity contribution < 1.29 is 19.2 Å². The monoisotopic (exact) mass is 512 g/mol. The van der Waals surface area contributed by atoms with E-state index in [1.165, 1.54) is 7.11 Å². The van der Waals surface area contributed by atoms with Crippen LogP contribution in [-0.2, 0) is 4.84 Å². The standard InChI is InChI=1S/C22H30Cl2N6O4/c1-13-18(23)19(24)20(25-13)22(32)26-15-5-7-30(8-6-15)16-11-14(21(31)28-33-4)12-17(27-16)34-10-9-29(2)3/h11-12,15,25H,5-10H2,1-4H3,(H,26,32)(H,28,31). The van der Waals surface area contributed by atoms with Crippen molar-refractivity contribution in [2.45, 2.75) is 25.8 Å². The number of hydroxylamine groups is 1. The average Bonchev–Trinajstić information content (AvgIpc) is 3.06. The predicted molar refractivity (Wildman–Crippen MR) is 131 cm³/mol. The van der Waals surface area contributed by atoms with Crippen LogP contribution in [0.1, 0.15) is 39.4 Å². The van der Waals surface area contributed by atoms with Gasteiger partial charge in [0.15, 0.2) is 0 Å². The first-order chi connectivity index (χ1) is 16.2. The van der Waals surface area contributed by atoms with E-state index in [0.29, 0.717) is 67.1 Å². The summed E-state index contributed by atoms with van der Waals surface area (Å²) < 4.78 is 5.78. The SMILES string of the molecule is CONC(=O)c1cc(OCCN(C)C)nc(N2CCC(NC(=O)c3[nH]c(C)c(Cl)c3Cl)CC2)c1. The highest BCUT2D eigenvalue weighted by molar-refractivity contribution is 6.44. The Balaban J connectivity index is 1.66. The number of rotatable bonds is 9. The quantitative estimate of drug-likeness (QED) is 0.442. The van der Waals surface area contributed by atoms with Gasteiger partial charge in [0.1, 0.15) is 18.1 Å². The van der Waals surface area contributed by atoms with Crippen molar-refractivity contribution in [3.8, 4) is 5.88 Å². The van der Waals surface area contributed by atoms with Crippen molar-refractivity contribution in [2.75, 3.05) is 52.3 Å². The summed E-state index contributed by atoms with van der Waals surface area (Å²) in [6.07, 6.45) is 1.40. The van der Waals surface area contributed by atoms with Crippen LogP contribution in [0.5, 0.6) is 5.88 Å². The minimum absolute atomic E-state index is 0.0296. The van der Waals surface area contributed by atoms with Crippen molar-refractivity contribution >= 4 is 40.8 Å². The number of nitrogens with one attached hydrogen (secondary N) is 3. The number of carbonyl (C=O) groups is 2. The summed E-state index contributed by atoms with van der Waals surface area (Å²) in [5.41, 5.74) is 3.63. The molecular weight excluding hydrogens is 483 g/mol. The summed E-state index contributed by atoms with van der Waals surface area (Å²) in [5, 5.41) is 3.60. The van der Waals surface area contributed by atoms with Gasteiger partial charge >= 0.3 is 0 Å². The second-order valence-electron chi connectivity index (χ2n) is 8.33. The van der Waals surface area contributed by atoms with Gasteiger partial charge in [-0.25, -0.2) is 5.48 Å². The van der Waals surface area contributed by atoms with Crippen LogP contribution in [0.15, 0.2) is 12.1 Å². The third-order valence-electron chi connectivity index (χ3n) is 5.47. The number of halogens is 2. The number of nitrogens with zero attached hydrogens (tertiary/aromatic N) is 3. The van der Waals surface area contributed by atoms with E-state index >= 15 is 0 Å². The van der Waals surface area contributed by atoms with Crippen molar-refractivity contribution in [3.05, 3.63) is 39.1 Å². The van der Waals surface area contributed by atoms with Crippen LogP contribution in [0.3, 0.4) is 0 Å². The number of pyridine rings is 1. The number of piperidine rings is 1. The molecule has 1 aliphatic rings. The maximum Gasteiger partial charge on any atom is 0.275 e. The molecule has 3 heterocycles. The summed E-state index contributed by atoms with van der Waals surface area (Å²) in [7, 11) is 5.28. The van der Waals surface area contributed by atoms with Gasteiger partial charge in [-0.15, -0.1) is 0 Å². The molecule has 0 bridgehead atoms. The first-order valence-corrected chi connectivity index (χ1v) is 11.7. The summed E-state index contributed by atoms with van der Waals surface area (Å²) in [5.74, 6) is 0.321. The van der Waals surface area contributed by atoms with Gasteiger partial charge in [0.05, 0.1) is 22.7 Å². The molecule has 2 aromatic heterocycles. The molecule has 0 unspecified atom stereocenters. The summed E-state index contributed by atoms with van der Waals surface area (Å²) in [6.45, 7) is 4.20. The fourth-order valence-corrected chi connectivity index (χ4v) is 4.00. The number of amides is 2. The molecule has 0 atom stereocenters. The van der Waals surface area contributed by atoms with E-state index < -0.39 is 0 Å². The molecule has 2 aromatic rings. The molecule has 186 valence electrons. The van der Waals surface area contributed by atoms with E-state index in [2.05, 4.69) is 25.7 Å². The number of hydrogen-bond donors (Lipinski definition) is 3. The highest BCUT2D eigenvalue weighted by Gasteiger charge is 2.25. The first-order valence-electron chi connectivity index (χ1n) is 10.9. The van der Waals surface area contributed by atoms with E-state index in [-0.39, 0.29) is 28.6 Å². The first kappa shape index (κ1) is 26.1. The highest BCUT2D eigenvalue weighted by atomic mass is 35.5. The Kier molecular flexibility index (Phi) is 9.01. The van der Waals surface area contributed by atoms with Gasteiger partial charge in [-0.1, -0.05) is 23.2 Å².